The zero-order valence-corrected chi connectivity index (χ0v) is 14.9. The maximum atomic E-state index is 12.6. The number of carbonyl (C=O) groups excluding carboxylic acids is 1. The van der Waals surface area contributed by atoms with Crippen LogP contribution in [0.25, 0.3) is 0 Å². The van der Waals surface area contributed by atoms with E-state index in [0.29, 0.717) is 30.6 Å². The third-order valence-corrected chi connectivity index (χ3v) is 4.57. The lowest BCUT2D eigenvalue weighted by atomic mass is 10.2. The van der Waals surface area contributed by atoms with Gasteiger partial charge in [-0.15, -0.1) is 0 Å². The molecule has 1 aromatic heterocycles. The van der Waals surface area contributed by atoms with Gasteiger partial charge in [-0.05, 0) is 25.5 Å². The Bertz CT molecular complexity index is 681. The van der Waals surface area contributed by atoms with Gasteiger partial charge in [-0.1, -0.05) is 25.1 Å². The standard InChI is InChI=1S/C19H25N5O/c1-3-15(2)22-18-14-20-17(13-21-18)19(25)24-11-9-23(10-12-24)16-7-5-4-6-8-16/h4-8,13-15H,3,9-12H2,1-2H3,(H,21,22). The first kappa shape index (κ1) is 17.2. The van der Waals surface area contributed by atoms with Crippen LogP contribution in [0.1, 0.15) is 30.8 Å². The number of nitrogens with zero attached hydrogens (tertiary/aromatic N) is 4. The molecule has 132 valence electrons. The van der Waals surface area contributed by atoms with Gasteiger partial charge in [0.15, 0.2) is 0 Å². The molecular weight excluding hydrogens is 314 g/mol. The fourth-order valence-electron chi connectivity index (χ4n) is 2.84. The largest absolute Gasteiger partial charge is 0.368 e. The van der Waals surface area contributed by atoms with Crippen LogP contribution in [-0.4, -0.2) is 53.0 Å². The van der Waals surface area contributed by atoms with Gasteiger partial charge in [-0.2, -0.15) is 0 Å². The van der Waals surface area contributed by atoms with Gasteiger partial charge in [-0.25, -0.2) is 9.97 Å². The molecule has 0 bridgehead atoms. The number of aromatic nitrogens is 2. The lowest BCUT2D eigenvalue weighted by Crippen LogP contribution is -2.49. The number of para-hydroxylation sites is 1. The van der Waals surface area contributed by atoms with Crippen molar-refractivity contribution in [2.24, 2.45) is 0 Å². The monoisotopic (exact) mass is 339 g/mol. The molecule has 0 radical (unpaired) electrons. The number of anilines is 2. The quantitative estimate of drug-likeness (QED) is 0.907. The van der Waals surface area contributed by atoms with Crippen molar-refractivity contribution in [3.05, 3.63) is 48.4 Å². The molecule has 1 unspecified atom stereocenters. The Balaban J connectivity index is 1.57. The highest BCUT2D eigenvalue weighted by atomic mass is 16.2. The van der Waals surface area contributed by atoms with Gasteiger partial charge in [-0.3, -0.25) is 4.79 Å². The maximum Gasteiger partial charge on any atom is 0.274 e. The topological polar surface area (TPSA) is 61.4 Å². The number of benzene rings is 1. The van der Waals surface area contributed by atoms with E-state index in [0.717, 1.165) is 19.5 Å². The molecule has 1 atom stereocenters. The molecule has 6 nitrogen and oxygen atoms in total. The average molecular weight is 339 g/mol. The second-order valence-electron chi connectivity index (χ2n) is 6.36. The van der Waals surface area contributed by atoms with Gasteiger partial charge in [0.2, 0.25) is 0 Å². The van der Waals surface area contributed by atoms with E-state index >= 15 is 0 Å². The Morgan fingerprint density at radius 3 is 2.44 bits per heavy atom. The number of nitrogens with one attached hydrogen (secondary N) is 1. The van der Waals surface area contributed by atoms with Crippen LogP contribution in [0, 0.1) is 0 Å². The van der Waals surface area contributed by atoms with Crippen molar-refractivity contribution in [3.8, 4) is 0 Å². The van der Waals surface area contributed by atoms with Crippen molar-refractivity contribution in [2.45, 2.75) is 26.3 Å². The molecule has 1 N–H and O–H groups in total. The van der Waals surface area contributed by atoms with Crippen LogP contribution in [0.5, 0.6) is 0 Å². The number of carbonyl (C=O) groups is 1. The first-order chi connectivity index (χ1) is 12.2. The van der Waals surface area contributed by atoms with Crippen molar-refractivity contribution in [3.63, 3.8) is 0 Å². The number of amides is 1. The minimum atomic E-state index is -0.0460. The van der Waals surface area contributed by atoms with Gasteiger partial charge in [0.1, 0.15) is 11.5 Å². The Kier molecular flexibility index (Phi) is 5.48. The van der Waals surface area contributed by atoms with Gasteiger partial charge in [0, 0.05) is 37.9 Å². The molecule has 1 aliphatic heterocycles. The lowest BCUT2D eigenvalue weighted by Gasteiger charge is -2.35. The van der Waals surface area contributed by atoms with Crippen LogP contribution in [0.3, 0.4) is 0 Å². The average Bonchev–Trinajstić information content (AvgIpc) is 2.69. The van der Waals surface area contributed by atoms with Gasteiger partial charge in [0.05, 0.1) is 12.4 Å². The minimum Gasteiger partial charge on any atom is -0.368 e. The van der Waals surface area contributed by atoms with E-state index in [4.69, 9.17) is 0 Å². The molecule has 3 rings (SSSR count). The zero-order chi connectivity index (χ0) is 17.6. The second kappa shape index (κ2) is 7.96. The number of piperazine rings is 1. The molecule has 25 heavy (non-hydrogen) atoms. The van der Waals surface area contributed by atoms with Crippen molar-refractivity contribution < 1.29 is 4.79 Å². The summed E-state index contributed by atoms with van der Waals surface area (Å²) in [4.78, 5) is 25.4. The van der Waals surface area contributed by atoms with Gasteiger partial charge >= 0.3 is 0 Å². The van der Waals surface area contributed by atoms with Crippen LogP contribution in [-0.2, 0) is 0 Å². The summed E-state index contributed by atoms with van der Waals surface area (Å²) < 4.78 is 0. The smallest absolute Gasteiger partial charge is 0.274 e. The van der Waals surface area contributed by atoms with Crippen LogP contribution >= 0.6 is 0 Å². The predicted molar refractivity (Wildman–Crippen MR) is 100.0 cm³/mol. The van der Waals surface area contributed by atoms with Gasteiger partial charge in [0.25, 0.3) is 5.91 Å². The summed E-state index contributed by atoms with van der Waals surface area (Å²) in [5, 5.41) is 3.26. The lowest BCUT2D eigenvalue weighted by molar-refractivity contribution is 0.0740. The molecule has 0 spiro atoms. The Labute approximate surface area is 148 Å². The molecule has 1 saturated heterocycles. The van der Waals surface area contributed by atoms with E-state index < -0.39 is 0 Å². The minimum absolute atomic E-state index is 0.0460. The first-order valence-electron chi connectivity index (χ1n) is 8.85. The Morgan fingerprint density at radius 2 is 1.84 bits per heavy atom. The van der Waals surface area contributed by atoms with E-state index in [1.165, 1.54) is 5.69 Å². The number of hydrogen-bond acceptors (Lipinski definition) is 5. The van der Waals surface area contributed by atoms with Gasteiger partial charge < -0.3 is 15.1 Å². The first-order valence-corrected chi connectivity index (χ1v) is 8.85. The summed E-state index contributed by atoms with van der Waals surface area (Å²) in [6, 6.07) is 10.6. The van der Waals surface area contributed by atoms with Crippen molar-refractivity contribution >= 4 is 17.4 Å². The Hall–Kier alpha value is -2.63. The molecule has 1 aliphatic rings. The molecule has 1 fully saturated rings. The summed E-state index contributed by atoms with van der Waals surface area (Å²) in [5.74, 6) is 0.662. The molecule has 2 heterocycles. The van der Waals surface area contributed by atoms with Crippen molar-refractivity contribution in [2.75, 3.05) is 36.4 Å². The van der Waals surface area contributed by atoms with Crippen LogP contribution in [0.15, 0.2) is 42.7 Å². The normalized spacial score (nSPS) is 15.8. The van der Waals surface area contributed by atoms with Crippen LogP contribution < -0.4 is 10.2 Å². The molecule has 6 heteroatoms. The molecular formula is C19H25N5O. The molecule has 1 amide bonds. The fraction of sp³-hybridized carbons (Fsp3) is 0.421. The Morgan fingerprint density at radius 1 is 1.12 bits per heavy atom. The van der Waals surface area contributed by atoms with Crippen LogP contribution in [0.4, 0.5) is 11.5 Å². The zero-order valence-electron chi connectivity index (χ0n) is 14.9. The van der Waals surface area contributed by atoms with E-state index in [1.807, 2.05) is 23.1 Å². The van der Waals surface area contributed by atoms with E-state index in [-0.39, 0.29) is 5.91 Å². The summed E-state index contributed by atoms with van der Waals surface area (Å²) in [7, 11) is 0. The van der Waals surface area contributed by atoms with Crippen molar-refractivity contribution in [1.82, 2.24) is 14.9 Å². The van der Waals surface area contributed by atoms with E-state index in [1.54, 1.807) is 12.4 Å². The highest BCUT2D eigenvalue weighted by Crippen LogP contribution is 2.16. The van der Waals surface area contributed by atoms with Crippen molar-refractivity contribution in [1.29, 1.82) is 0 Å². The highest BCUT2D eigenvalue weighted by Gasteiger charge is 2.23. The highest BCUT2D eigenvalue weighted by molar-refractivity contribution is 5.92. The SMILES string of the molecule is CCC(C)Nc1cnc(C(=O)N2CCN(c3ccccc3)CC2)cn1. The van der Waals surface area contributed by atoms with E-state index in [2.05, 4.69) is 46.2 Å². The maximum absolute atomic E-state index is 12.6. The molecule has 2 aromatic rings. The third kappa shape index (κ3) is 4.26. The second-order valence-corrected chi connectivity index (χ2v) is 6.36. The predicted octanol–water partition coefficient (Wildman–Crippen LogP) is 2.65. The fourth-order valence-corrected chi connectivity index (χ4v) is 2.84. The van der Waals surface area contributed by atoms with E-state index in [9.17, 15) is 4.79 Å². The summed E-state index contributed by atoms with van der Waals surface area (Å²) >= 11 is 0. The summed E-state index contributed by atoms with van der Waals surface area (Å²) in [5.41, 5.74) is 1.61. The number of hydrogen-bond donors (Lipinski definition) is 1. The number of rotatable bonds is 5. The molecule has 1 aromatic carbocycles. The molecule has 0 saturated carbocycles. The third-order valence-electron chi connectivity index (χ3n) is 4.57. The summed E-state index contributed by atoms with van der Waals surface area (Å²) in [6.45, 7) is 7.25. The summed E-state index contributed by atoms with van der Waals surface area (Å²) in [6.07, 6.45) is 4.21. The molecule has 0 aliphatic carbocycles. The van der Waals surface area contributed by atoms with Crippen LogP contribution in [0.2, 0.25) is 0 Å².